The summed E-state index contributed by atoms with van der Waals surface area (Å²) in [7, 11) is 1.73. The Morgan fingerprint density at radius 3 is 2.38 bits per heavy atom. The van der Waals surface area contributed by atoms with Crippen LogP contribution in [0.3, 0.4) is 0 Å². The summed E-state index contributed by atoms with van der Waals surface area (Å²) in [6.07, 6.45) is 1.46. The molecule has 0 bridgehead atoms. The average molecular weight is 117 g/mol. The molecule has 0 unspecified atom stereocenters. The fourth-order valence-electron chi connectivity index (χ4n) is 0.388. The van der Waals surface area contributed by atoms with Crippen LogP contribution in [0.5, 0.6) is 0 Å². The zero-order chi connectivity index (χ0) is 6.57. The van der Waals surface area contributed by atoms with Crippen LogP contribution in [0.25, 0.3) is 0 Å². The van der Waals surface area contributed by atoms with E-state index >= 15 is 0 Å². The Bertz CT molecular complexity index is 88.5. The largest absolute Gasteiger partial charge is 0.311 e. The molecule has 0 aromatic carbocycles. The van der Waals surface area contributed by atoms with Gasteiger partial charge in [-0.2, -0.15) is 0 Å². The van der Waals surface area contributed by atoms with E-state index in [-0.39, 0.29) is 11.9 Å². The first-order valence-corrected chi connectivity index (χ1v) is 2.71. The molecule has 0 aromatic heterocycles. The first-order valence-electron chi connectivity index (χ1n) is 2.71. The van der Waals surface area contributed by atoms with Gasteiger partial charge in [0, 0.05) is 0 Å². The fourth-order valence-corrected chi connectivity index (χ4v) is 0.388. The van der Waals surface area contributed by atoms with Crippen molar-refractivity contribution < 1.29 is 4.39 Å². The summed E-state index contributed by atoms with van der Waals surface area (Å²) >= 11 is 0. The summed E-state index contributed by atoms with van der Waals surface area (Å²) in [4.78, 5) is 0. The van der Waals surface area contributed by atoms with Gasteiger partial charge >= 0.3 is 0 Å². The molecular formula is C6H12FN. The fraction of sp³-hybridized carbons (Fsp3) is 0.667. The molecule has 2 heteroatoms. The highest BCUT2D eigenvalue weighted by molar-refractivity contribution is 4.97. The van der Waals surface area contributed by atoms with Crippen LogP contribution in [-0.2, 0) is 0 Å². The molecule has 1 atom stereocenters. The van der Waals surface area contributed by atoms with Crippen molar-refractivity contribution in [2.45, 2.75) is 19.9 Å². The van der Waals surface area contributed by atoms with Crippen LogP contribution in [0.4, 0.5) is 4.39 Å². The summed E-state index contributed by atoms with van der Waals surface area (Å²) in [6.45, 7) is 3.46. The quantitative estimate of drug-likeness (QED) is 0.577. The monoisotopic (exact) mass is 117 g/mol. The topological polar surface area (TPSA) is 12.0 Å². The molecular weight excluding hydrogens is 105 g/mol. The highest BCUT2D eigenvalue weighted by Crippen LogP contribution is 2.00. The molecule has 0 aliphatic rings. The van der Waals surface area contributed by atoms with Crippen LogP contribution in [0, 0.1) is 0 Å². The summed E-state index contributed by atoms with van der Waals surface area (Å²) < 4.78 is 12.3. The van der Waals surface area contributed by atoms with Gasteiger partial charge < -0.3 is 5.32 Å². The Hall–Kier alpha value is -0.370. The van der Waals surface area contributed by atoms with Gasteiger partial charge in [0.25, 0.3) is 0 Å². The Morgan fingerprint density at radius 1 is 1.75 bits per heavy atom. The maximum atomic E-state index is 12.3. The van der Waals surface area contributed by atoms with Crippen LogP contribution >= 0.6 is 0 Å². The summed E-state index contributed by atoms with van der Waals surface area (Å²) in [5.41, 5.74) is 0. The molecule has 0 heterocycles. The standard InChI is InChI=1S/C6H12FN/c1-4-6(7)5(2)8-3/h4-5,8H,1-3H3/b6-4-/t5-/m0/s1. The van der Waals surface area contributed by atoms with E-state index in [0.717, 1.165) is 0 Å². The van der Waals surface area contributed by atoms with Gasteiger partial charge in [0.2, 0.25) is 0 Å². The van der Waals surface area contributed by atoms with E-state index in [1.165, 1.54) is 6.08 Å². The molecule has 0 saturated heterocycles. The SMILES string of the molecule is C/C=C(\F)[C@H](C)NC. The minimum absolute atomic E-state index is 0.104. The van der Waals surface area contributed by atoms with Gasteiger partial charge in [0.1, 0.15) is 5.83 Å². The lowest BCUT2D eigenvalue weighted by Gasteiger charge is -2.04. The number of hydrogen-bond acceptors (Lipinski definition) is 1. The van der Waals surface area contributed by atoms with Crippen LogP contribution in [-0.4, -0.2) is 13.1 Å². The van der Waals surface area contributed by atoms with E-state index in [0.29, 0.717) is 0 Å². The highest BCUT2D eigenvalue weighted by atomic mass is 19.1. The predicted octanol–water partition coefficient (Wildman–Crippen LogP) is 1.47. The molecule has 0 spiro atoms. The van der Waals surface area contributed by atoms with Gasteiger partial charge in [-0.15, -0.1) is 0 Å². The van der Waals surface area contributed by atoms with Gasteiger partial charge in [0.05, 0.1) is 6.04 Å². The van der Waals surface area contributed by atoms with Gasteiger partial charge in [-0.3, -0.25) is 0 Å². The molecule has 8 heavy (non-hydrogen) atoms. The van der Waals surface area contributed by atoms with Crippen molar-refractivity contribution in [2.24, 2.45) is 0 Å². The molecule has 0 fully saturated rings. The predicted molar refractivity (Wildman–Crippen MR) is 33.4 cm³/mol. The molecule has 0 aromatic rings. The first kappa shape index (κ1) is 7.63. The lowest BCUT2D eigenvalue weighted by atomic mass is 10.3. The number of nitrogens with one attached hydrogen (secondary N) is 1. The summed E-state index contributed by atoms with van der Waals surface area (Å²) in [5, 5.41) is 2.77. The molecule has 48 valence electrons. The zero-order valence-electron chi connectivity index (χ0n) is 5.53. The zero-order valence-corrected chi connectivity index (χ0v) is 5.53. The van der Waals surface area contributed by atoms with E-state index in [2.05, 4.69) is 5.32 Å². The van der Waals surface area contributed by atoms with Crippen LogP contribution in [0.1, 0.15) is 13.8 Å². The lowest BCUT2D eigenvalue weighted by molar-refractivity contribution is 0.513. The van der Waals surface area contributed by atoms with Crippen molar-refractivity contribution >= 4 is 0 Å². The molecule has 0 aliphatic heterocycles. The smallest absolute Gasteiger partial charge is 0.112 e. The Labute approximate surface area is 49.6 Å². The molecule has 0 saturated carbocycles. The normalized spacial score (nSPS) is 16.2. The van der Waals surface area contributed by atoms with E-state index in [9.17, 15) is 4.39 Å². The van der Waals surface area contributed by atoms with Crippen molar-refractivity contribution in [1.82, 2.24) is 5.32 Å². The van der Waals surface area contributed by atoms with Gasteiger partial charge in [-0.05, 0) is 20.9 Å². The molecule has 0 amide bonds. The second-order valence-electron chi connectivity index (χ2n) is 1.68. The number of rotatable bonds is 2. The third-order valence-electron chi connectivity index (χ3n) is 1.12. The molecule has 1 N–H and O–H groups in total. The van der Waals surface area contributed by atoms with E-state index in [4.69, 9.17) is 0 Å². The van der Waals surface area contributed by atoms with Crippen molar-refractivity contribution in [3.05, 3.63) is 11.9 Å². The minimum Gasteiger partial charge on any atom is -0.311 e. The van der Waals surface area contributed by atoms with Crippen molar-refractivity contribution in [2.75, 3.05) is 7.05 Å². The summed E-state index contributed by atoms with van der Waals surface area (Å²) in [5.74, 6) is -0.104. The maximum absolute atomic E-state index is 12.3. The number of halogens is 1. The average Bonchev–Trinajstić information content (AvgIpc) is 1.84. The Balaban J connectivity index is 3.63. The van der Waals surface area contributed by atoms with Gasteiger partial charge in [0.15, 0.2) is 0 Å². The highest BCUT2D eigenvalue weighted by Gasteiger charge is 2.00. The molecule has 1 nitrogen and oxygen atoms in total. The van der Waals surface area contributed by atoms with Gasteiger partial charge in [-0.1, -0.05) is 6.08 Å². The van der Waals surface area contributed by atoms with Gasteiger partial charge in [-0.25, -0.2) is 4.39 Å². The second-order valence-corrected chi connectivity index (χ2v) is 1.68. The molecule has 0 radical (unpaired) electrons. The summed E-state index contributed by atoms with van der Waals surface area (Å²) in [6, 6.07) is -0.139. The third kappa shape index (κ3) is 2.07. The van der Waals surface area contributed by atoms with E-state index in [1.54, 1.807) is 20.9 Å². The lowest BCUT2D eigenvalue weighted by Crippen LogP contribution is -2.21. The first-order chi connectivity index (χ1) is 3.72. The minimum atomic E-state index is -0.139. The van der Waals surface area contributed by atoms with E-state index in [1.807, 2.05) is 0 Å². The Morgan fingerprint density at radius 2 is 2.25 bits per heavy atom. The molecule has 0 rings (SSSR count). The van der Waals surface area contributed by atoms with Crippen molar-refractivity contribution in [1.29, 1.82) is 0 Å². The van der Waals surface area contributed by atoms with Crippen LogP contribution in [0.2, 0.25) is 0 Å². The van der Waals surface area contributed by atoms with Crippen molar-refractivity contribution in [3.8, 4) is 0 Å². The number of hydrogen-bond donors (Lipinski definition) is 1. The number of likely N-dealkylation sites (N-methyl/N-ethyl adjacent to an activating group) is 1. The van der Waals surface area contributed by atoms with Crippen LogP contribution < -0.4 is 5.32 Å². The van der Waals surface area contributed by atoms with Crippen molar-refractivity contribution in [3.63, 3.8) is 0 Å². The third-order valence-corrected chi connectivity index (χ3v) is 1.12. The Kier molecular flexibility index (Phi) is 3.44. The van der Waals surface area contributed by atoms with E-state index < -0.39 is 0 Å². The van der Waals surface area contributed by atoms with Crippen LogP contribution in [0.15, 0.2) is 11.9 Å². The second kappa shape index (κ2) is 3.61. The molecule has 0 aliphatic carbocycles. The number of allylic oxidation sites excluding steroid dienone is 1. The maximum Gasteiger partial charge on any atom is 0.112 e.